The number of carboxylic acids is 1. The Morgan fingerprint density at radius 3 is 3.00 bits per heavy atom. The quantitative estimate of drug-likeness (QED) is 0.752. The molecule has 0 spiro atoms. The van der Waals surface area contributed by atoms with Crippen LogP contribution in [-0.4, -0.2) is 21.0 Å². The summed E-state index contributed by atoms with van der Waals surface area (Å²) in [6.07, 6.45) is -0.341. The summed E-state index contributed by atoms with van der Waals surface area (Å²) in [6, 6.07) is 5.28. The van der Waals surface area contributed by atoms with Crippen molar-refractivity contribution in [3.05, 3.63) is 38.9 Å². The van der Waals surface area contributed by atoms with Crippen LogP contribution in [-0.2, 0) is 11.2 Å². The molecule has 0 unspecified atom stereocenters. The van der Waals surface area contributed by atoms with Crippen LogP contribution in [0.1, 0.15) is 5.82 Å². The van der Waals surface area contributed by atoms with Crippen LogP contribution in [0.15, 0.2) is 31.9 Å². The molecule has 96 valence electrons. The molecule has 2 heterocycles. The van der Waals surface area contributed by atoms with Crippen molar-refractivity contribution in [1.29, 1.82) is 0 Å². The minimum absolute atomic E-state index is 0.0993. The van der Waals surface area contributed by atoms with Crippen molar-refractivity contribution < 1.29 is 14.3 Å². The number of aromatic amines is 1. The van der Waals surface area contributed by atoms with E-state index < -0.39 is 11.5 Å². The minimum Gasteiger partial charge on any atom is -0.481 e. The third-order valence-corrected chi connectivity index (χ3v) is 3.15. The number of aromatic nitrogens is 2. The summed E-state index contributed by atoms with van der Waals surface area (Å²) < 4.78 is 6.25. The van der Waals surface area contributed by atoms with Crippen LogP contribution in [0.5, 0.6) is 0 Å². The maximum absolute atomic E-state index is 11.8. The number of H-pyrrole nitrogens is 1. The molecule has 0 bridgehead atoms. The molecule has 0 aliphatic carbocycles. The Balaban J connectivity index is 2.37. The van der Waals surface area contributed by atoms with E-state index in [1.165, 1.54) is 0 Å². The van der Waals surface area contributed by atoms with Gasteiger partial charge in [-0.25, -0.2) is 4.98 Å². The molecule has 6 nitrogen and oxygen atoms in total. The number of halogens is 1. The lowest BCUT2D eigenvalue weighted by molar-refractivity contribution is -0.136. The molecule has 3 rings (SSSR count). The predicted octanol–water partition coefficient (Wildman–Crippen LogP) is 2.06. The molecular formula is C12H7BrN2O4. The van der Waals surface area contributed by atoms with Gasteiger partial charge in [0.2, 0.25) is 5.58 Å². The average Bonchev–Trinajstić information content (AvgIpc) is 2.67. The molecule has 0 aliphatic rings. The molecular weight excluding hydrogens is 316 g/mol. The first kappa shape index (κ1) is 11.9. The largest absolute Gasteiger partial charge is 0.481 e. The van der Waals surface area contributed by atoms with Crippen molar-refractivity contribution in [3.63, 3.8) is 0 Å². The third kappa shape index (κ3) is 2.01. The standard InChI is InChI=1S/C12H7BrN2O4/c13-5-1-2-7-6(3-5)10-11(19-7)12(18)15-8(14-10)4-9(16)17/h1-3H,4H2,(H,16,17)(H,14,15,18). The highest BCUT2D eigenvalue weighted by molar-refractivity contribution is 9.10. The minimum atomic E-state index is -1.06. The summed E-state index contributed by atoms with van der Waals surface area (Å²) in [5.41, 5.74) is 0.524. The number of nitrogens with one attached hydrogen (secondary N) is 1. The molecule has 0 amide bonds. The fourth-order valence-electron chi connectivity index (χ4n) is 1.90. The fourth-order valence-corrected chi connectivity index (χ4v) is 2.26. The van der Waals surface area contributed by atoms with E-state index in [1.807, 2.05) is 0 Å². The summed E-state index contributed by atoms with van der Waals surface area (Å²) in [4.78, 5) is 29.1. The average molecular weight is 323 g/mol. The molecule has 0 atom stereocenters. The van der Waals surface area contributed by atoms with E-state index in [2.05, 4.69) is 25.9 Å². The summed E-state index contributed by atoms with van der Waals surface area (Å²) in [5.74, 6) is -0.954. The number of carbonyl (C=O) groups is 1. The van der Waals surface area contributed by atoms with Gasteiger partial charge >= 0.3 is 5.97 Å². The molecule has 0 fully saturated rings. The molecule has 7 heteroatoms. The normalized spacial score (nSPS) is 11.2. The highest BCUT2D eigenvalue weighted by atomic mass is 79.9. The van der Waals surface area contributed by atoms with Gasteiger partial charge in [0, 0.05) is 9.86 Å². The highest BCUT2D eigenvalue weighted by Gasteiger charge is 2.14. The van der Waals surface area contributed by atoms with Gasteiger partial charge in [0.05, 0.1) is 0 Å². The molecule has 0 saturated heterocycles. The number of aliphatic carboxylic acids is 1. The summed E-state index contributed by atoms with van der Waals surface area (Å²) >= 11 is 3.33. The summed E-state index contributed by atoms with van der Waals surface area (Å²) in [6.45, 7) is 0. The molecule has 2 aromatic heterocycles. The van der Waals surface area contributed by atoms with Crippen molar-refractivity contribution >= 4 is 44.0 Å². The van der Waals surface area contributed by atoms with E-state index in [-0.39, 0.29) is 17.8 Å². The number of carboxylic acid groups (broad SMARTS) is 1. The van der Waals surface area contributed by atoms with Crippen LogP contribution in [0.4, 0.5) is 0 Å². The van der Waals surface area contributed by atoms with Gasteiger partial charge in [-0.3, -0.25) is 9.59 Å². The van der Waals surface area contributed by atoms with Crippen LogP contribution in [0.25, 0.3) is 22.1 Å². The first-order valence-corrected chi connectivity index (χ1v) is 6.16. The fraction of sp³-hybridized carbons (Fsp3) is 0.0833. The second-order valence-electron chi connectivity index (χ2n) is 4.00. The number of hydrogen-bond acceptors (Lipinski definition) is 4. The third-order valence-electron chi connectivity index (χ3n) is 2.65. The van der Waals surface area contributed by atoms with Crippen LogP contribution >= 0.6 is 15.9 Å². The van der Waals surface area contributed by atoms with E-state index in [9.17, 15) is 9.59 Å². The molecule has 2 N–H and O–H groups in total. The van der Waals surface area contributed by atoms with Gasteiger partial charge in [0.25, 0.3) is 5.56 Å². The Kier molecular flexibility index (Phi) is 2.63. The smallest absolute Gasteiger partial charge is 0.311 e. The lowest BCUT2D eigenvalue weighted by Gasteiger charge is -1.96. The number of benzene rings is 1. The van der Waals surface area contributed by atoms with E-state index in [1.54, 1.807) is 18.2 Å². The monoisotopic (exact) mass is 322 g/mol. The number of fused-ring (bicyclic) bond motifs is 3. The molecule has 0 saturated carbocycles. The Morgan fingerprint density at radius 2 is 2.26 bits per heavy atom. The van der Waals surface area contributed by atoms with Gasteiger partial charge in [-0.2, -0.15) is 0 Å². The number of nitrogens with zero attached hydrogens (tertiary/aromatic N) is 1. The zero-order valence-corrected chi connectivity index (χ0v) is 11.0. The maximum Gasteiger partial charge on any atom is 0.311 e. The van der Waals surface area contributed by atoms with Gasteiger partial charge in [-0.15, -0.1) is 0 Å². The van der Waals surface area contributed by atoms with Crippen LogP contribution in [0.2, 0.25) is 0 Å². The Bertz CT molecular complexity index is 865. The predicted molar refractivity (Wildman–Crippen MR) is 71.2 cm³/mol. The second kappa shape index (κ2) is 4.20. The van der Waals surface area contributed by atoms with Gasteiger partial charge in [0.1, 0.15) is 23.3 Å². The lowest BCUT2D eigenvalue weighted by Crippen LogP contribution is -2.13. The van der Waals surface area contributed by atoms with Crippen LogP contribution in [0.3, 0.4) is 0 Å². The molecule has 1 aromatic carbocycles. The molecule has 19 heavy (non-hydrogen) atoms. The SMILES string of the molecule is O=C(O)Cc1nc2c(oc3ccc(Br)cc32)c(=O)[nH]1. The Hall–Kier alpha value is -2.15. The van der Waals surface area contributed by atoms with E-state index in [4.69, 9.17) is 9.52 Å². The van der Waals surface area contributed by atoms with Crippen molar-refractivity contribution in [3.8, 4) is 0 Å². The number of rotatable bonds is 2. The summed E-state index contributed by atoms with van der Waals surface area (Å²) in [7, 11) is 0. The van der Waals surface area contributed by atoms with E-state index in [0.29, 0.717) is 16.5 Å². The number of hydrogen-bond donors (Lipinski definition) is 2. The van der Waals surface area contributed by atoms with Gasteiger partial charge in [0.15, 0.2) is 0 Å². The first-order chi connectivity index (χ1) is 9.04. The Morgan fingerprint density at radius 1 is 1.47 bits per heavy atom. The van der Waals surface area contributed by atoms with Crippen molar-refractivity contribution in [2.24, 2.45) is 0 Å². The van der Waals surface area contributed by atoms with E-state index >= 15 is 0 Å². The van der Waals surface area contributed by atoms with Gasteiger partial charge in [-0.05, 0) is 18.2 Å². The molecule has 0 radical (unpaired) electrons. The van der Waals surface area contributed by atoms with Gasteiger partial charge in [-0.1, -0.05) is 15.9 Å². The maximum atomic E-state index is 11.8. The topological polar surface area (TPSA) is 96.2 Å². The highest BCUT2D eigenvalue weighted by Crippen LogP contribution is 2.27. The first-order valence-electron chi connectivity index (χ1n) is 5.37. The molecule has 0 aliphatic heterocycles. The van der Waals surface area contributed by atoms with Crippen LogP contribution < -0.4 is 5.56 Å². The zero-order valence-electron chi connectivity index (χ0n) is 9.44. The van der Waals surface area contributed by atoms with E-state index in [0.717, 1.165) is 4.47 Å². The van der Waals surface area contributed by atoms with Gasteiger partial charge < -0.3 is 14.5 Å². The second-order valence-corrected chi connectivity index (χ2v) is 4.92. The lowest BCUT2D eigenvalue weighted by atomic mass is 10.2. The van der Waals surface area contributed by atoms with Crippen LogP contribution in [0, 0.1) is 0 Å². The van der Waals surface area contributed by atoms with Crippen molar-refractivity contribution in [2.75, 3.05) is 0 Å². The number of furan rings is 1. The zero-order chi connectivity index (χ0) is 13.6. The summed E-state index contributed by atoms with van der Waals surface area (Å²) in [5, 5.41) is 9.41. The van der Waals surface area contributed by atoms with Crippen molar-refractivity contribution in [2.45, 2.75) is 6.42 Å². The molecule has 3 aromatic rings. The Labute approximate surface area is 114 Å². The van der Waals surface area contributed by atoms with Crippen molar-refractivity contribution in [1.82, 2.24) is 9.97 Å².